The third kappa shape index (κ3) is 6.74. The number of ketones is 1. The highest BCUT2D eigenvalue weighted by Crippen LogP contribution is 2.29. The Labute approximate surface area is 136 Å². The minimum absolute atomic E-state index is 0.00378. The van der Waals surface area contributed by atoms with E-state index in [1.54, 1.807) is 20.8 Å². The Kier molecular flexibility index (Phi) is 7.82. The first-order valence-corrected chi connectivity index (χ1v) is 7.97. The Hall–Kier alpha value is -0.680. The van der Waals surface area contributed by atoms with Crippen LogP contribution in [-0.2, 0) is 19.1 Å². The number of esters is 1. The monoisotopic (exact) mass is 362 g/mol. The van der Waals surface area contributed by atoms with Crippen LogP contribution in [0.2, 0.25) is 0 Å². The second-order valence-electron chi connectivity index (χ2n) is 6.02. The van der Waals surface area contributed by atoms with Crippen molar-refractivity contribution in [2.75, 3.05) is 6.61 Å². The summed E-state index contributed by atoms with van der Waals surface area (Å²) in [4.78, 5) is 23.8. The van der Waals surface area contributed by atoms with Crippen LogP contribution in [0.5, 0.6) is 0 Å². The van der Waals surface area contributed by atoms with Crippen LogP contribution in [0.3, 0.4) is 0 Å². The molecule has 0 fully saturated rings. The summed E-state index contributed by atoms with van der Waals surface area (Å²) >= 11 is 3.38. The summed E-state index contributed by atoms with van der Waals surface area (Å²) in [6.07, 6.45) is 0.841. The number of ether oxygens (including phenoxy) is 2. The molecule has 0 saturated heterocycles. The van der Waals surface area contributed by atoms with Crippen LogP contribution in [0, 0.1) is 0 Å². The second-order valence-corrected chi connectivity index (χ2v) is 8.00. The minimum Gasteiger partial charge on any atom is -0.459 e. The molecule has 0 aliphatic rings. The van der Waals surface area contributed by atoms with Crippen LogP contribution in [0.25, 0.3) is 0 Å². The van der Waals surface area contributed by atoms with Gasteiger partial charge >= 0.3 is 5.97 Å². The summed E-state index contributed by atoms with van der Waals surface area (Å²) in [5.41, 5.74) is -0.470. The molecule has 0 aromatic carbocycles. The maximum absolute atomic E-state index is 12.4. The molecule has 0 saturated carbocycles. The maximum atomic E-state index is 12.4. The molecule has 5 heteroatoms. The number of carbonyl (C=O) groups is 2. The average Bonchev–Trinajstić information content (AvgIpc) is 2.36. The molecule has 2 unspecified atom stereocenters. The molecule has 0 rings (SSSR count). The molecule has 122 valence electrons. The molecule has 0 aliphatic carbocycles. The van der Waals surface area contributed by atoms with Crippen molar-refractivity contribution < 1.29 is 19.1 Å². The van der Waals surface area contributed by atoms with Crippen LogP contribution in [-0.4, -0.2) is 34.4 Å². The van der Waals surface area contributed by atoms with E-state index >= 15 is 0 Å². The number of carbonyl (C=O) groups excluding carboxylic acids is 2. The third-order valence-corrected chi connectivity index (χ3v) is 3.66. The molecule has 2 atom stereocenters. The zero-order valence-corrected chi connectivity index (χ0v) is 15.5. The molecule has 0 bridgehead atoms. The Morgan fingerprint density at radius 2 is 1.81 bits per heavy atom. The van der Waals surface area contributed by atoms with Gasteiger partial charge in [0, 0.05) is 12.0 Å². The van der Waals surface area contributed by atoms with Crippen LogP contribution in [0.1, 0.15) is 54.4 Å². The van der Waals surface area contributed by atoms with Gasteiger partial charge in [0.05, 0.1) is 10.9 Å². The van der Waals surface area contributed by atoms with Crippen LogP contribution in [0.15, 0.2) is 12.2 Å². The Bertz CT molecular complexity index is 398. The van der Waals surface area contributed by atoms with E-state index in [1.807, 2.05) is 20.8 Å². The van der Waals surface area contributed by atoms with Crippen molar-refractivity contribution in [1.29, 1.82) is 0 Å². The van der Waals surface area contributed by atoms with Crippen molar-refractivity contribution in [3.63, 3.8) is 0 Å². The number of alkyl halides is 1. The lowest BCUT2D eigenvalue weighted by molar-refractivity contribution is -0.150. The van der Waals surface area contributed by atoms with E-state index < -0.39 is 15.9 Å². The lowest BCUT2D eigenvalue weighted by Gasteiger charge is -2.32. The van der Waals surface area contributed by atoms with Crippen molar-refractivity contribution in [2.24, 2.45) is 0 Å². The molecule has 0 aromatic heterocycles. The summed E-state index contributed by atoms with van der Waals surface area (Å²) in [7, 11) is 0. The molecule has 0 heterocycles. The fourth-order valence-electron chi connectivity index (χ4n) is 1.75. The van der Waals surface area contributed by atoms with Gasteiger partial charge in [-0.05, 0) is 41.0 Å². The van der Waals surface area contributed by atoms with Crippen LogP contribution < -0.4 is 0 Å². The smallest absolute Gasteiger partial charge is 0.333 e. The van der Waals surface area contributed by atoms with Crippen molar-refractivity contribution in [1.82, 2.24) is 0 Å². The van der Waals surface area contributed by atoms with Crippen LogP contribution in [0.4, 0.5) is 0 Å². The average molecular weight is 363 g/mol. The lowest BCUT2D eigenvalue weighted by Crippen LogP contribution is -2.47. The first kappa shape index (κ1) is 20.3. The van der Waals surface area contributed by atoms with E-state index in [9.17, 15) is 9.59 Å². The summed E-state index contributed by atoms with van der Waals surface area (Å²) in [5.74, 6) is -0.400. The predicted molar refractivity (Wildman–Crippen MR) is 87.6 cm³/mol. The van der Waals surface area contributed by atoms with Crippen molar-refractivity contribution in [3.8, 4) is 0 Å². The predicted octanol–water partition coefficient (Wildman–Crippen LogP) is 3.81. The summed E-state index contributed by atoms with van der Waals surface area (Å²) < 4.78 is 10.3. The van der Waals surface area contributed by atoms with Gasteiger partial charge in [0.1, 0.15) is 11.7 Å². The molecule has 0 aromatic rings. The van der Waals surface area contributed by atoms with Gasteiger partial charge in [-0.15, -0.1) is 0 Å². The van der Waals surface area contributed by atoms with E-state index in [0.717, 1.165) is 0 Å². The van der Waals surface area contributed by atoms with Gasteiger partial charge in [0.2, 0.25) is 0 Å². The standard InChI is InChI=1S/C16H27BrO4/c1-8-16(7,14(19)15(5,6)17)20-10-9-12(4)21-13(18)11(2)3/h12H,2,8-10H2,1,3-7H3. The first-order valence-electron chi connectivity index (χ1n) is 7.18. The Balaban J connectivity index is 4.45. The van der Waals surface area contributed by atoms with Gasteiger partial charge in [-0.3, -0.25) is 4.79 Å². The second kappa shape index (κ2) is 8.08. The molecular weight excluding hydrogens is 336 g/mol. The van der Waals surface area contributed by atoms with Gasteiger partial charge in [0.15, 0.2) is 5.78 Å². The Morgan fingerprint density at radius 3 is 2.19 bits per heavy atom. The summed E-state index contributed by atoms with van der Waals surface area (Å²) in [5, 5.41) is 0. The number of hydrogen-bond acceptors (Lipinski definition) is 4. The summed E-state index contributed by atoms with van der Waals surface area (Å²) in [6.45, 7) is 14.6. The molecule has 0 spiro atoms. The number of Topliss-reactive ketones (excluding diaryl/α,β-unsaturated/α-hetero) is 1. The molecule has 0 radical (unpaired) electrons. The SMILES string of the molecule is C=C(C)C(=O)OC(C)CCOC(C)(CC)C(=O)C(C)(C)Br. The van der Waals surface area contributed by atoms with E-state index in [1.165, 1.54) is 0 Å². The summed E-state index contributed by atoms with van der Waals surface area (Å²) in [6, 6.07) is 0. The minimum atomic E-state index is -0.842. The first-order chi connectivity index (χ1) is 9.44. The normalized spacial score (nSPS) is 16.0. The zero-order valence-electron chi connectivity index (χ0n) is 13.9. The van der Waals surface area contributed by atoms with E-state index in [0.29, 0.717) is 25.0 Å². The van der Waals surface area contributed by atoms with Crippen molar-refractivity contribution in [3.05, 3.63) is 12.2 Å². The van der Waals surface area contributed by atoms with Gasteiger partial charge in [-0.1, -0.05) is 29.4 Å². The molecule has 0 aliphatic heterocycles. The van der Waals surface area contributed by atoms with Crippen LogP contribution >= 0.6 is 15.9 Å². The fraction of sp³-hybridized carbons (Fsp3) is 0.750. The van der Waals surface area contributed by atoms with E-state index in [-0.39, 0.29) is 11.9 Å². The van der Waals surface area contributed by atoms with Gasteiger partial charge < -0.3 is 9.47 Å². The van der Waals surface area contributed by atoms with Gasteiger partial charge in [0.25, 0.3) is 0 Å². The number of rotatable bonds is 9. The van der Waals surface area contributed by atoms with E-state index in [4.69, 9.17) is 9.47 Å². The fourth-order valence-corrected chi connectivity index (χ4v) is 2.17. The molecule has 0 amide bonds. The maximum Gasteiger partial charge on any atom is 0.333 e. The largest absolute Gasteiger partial charge is 0.459 e. The highest BCUT2D eigenvalue weighted by atomic mass is 79.9. The quantitative estimate of drug-likeness (QED) is 0.355. The zero-order chi connectivity index (χ0) is 16.8. The van der Waals surface area contributed by atoms with Gasteiger partial charge in [-0.25, -0.2) is 4.79 Å². The topological polar surface area (TPSA) is 52.6 Å². The van der Waals surface area contributed by atoms with Crippen molar-refractivity contribution >= 4 is 27.7 Å². The number of hydrogen-bond donors (Lipinski definition) is 0. The molecular formula is C16H27BrO4. The lowest BCUT2D eigenvalue weighted by atomic mass is 9.89. The highest BCUT2D eigenvalue weighted by Gasteiger charge is 2.40. The highest BCUT2D eigenvalue weighted by molar-refractivity contribution is 9.10. The van der Waals surface area contributed by atoms with Gasteiger partial charge in [-0.2, -0.15) is 0 Å². The molecule has 21 heavy (non-hydrogen) atoms. The molecule has 4 nitrogen and oxygen atoms in total. The number of halogens is 1. The third-order valence-electron chi connectivity index (χ3n) is 3.30. The van der Waals surface area contributed by atoms with Crippen molar-refractivity contribution in [2.45, 2.75) is 70.4 Å². The molecule has 0 N–H and O–H groups in total. The van der Waals surface area contributed by atoms with E-state index in [2.05, 4.69) is 22.5 Å². The Morgan fingerprint density at radius 1 is 1.29 bits per heavy atom.